The van der Waals surface area contributed by atoms with Crippen LogP contribution >= 0.6 is 0 Å². The molecule has 42 heavy (non-hydrogen) atoms. The summed E-state index contributed by atoms with van der Waals surface area (Å²) in [5, 5.41) is 17.6. The molecule has 1 unspecified atom stereocenters. The Morgan fingerprint density at radius 1 is 1.17 bits per heavy atom. The molecule has 2 heterocycles. The van der Waals surface area contributed by atoms with Crippen LogP contribution in [0.5, 0.6) is 0 Å². The van der Waals surface area contributed by atoms with E-state index in [1.807, 2.05) is 30.3 Å². The zero-order valence-electron chi connectivity index (χ0n) is 24.3. The number of likely N-dealkylation sites (tertiary alicyclic amines) is 1. The van der Waals surface area contributed by atoms with E-state index >= 15 is 0 Å². The summed E-state index contributed by atoms with van der Waals surface area (Å²) in [6, 6.07) is 6.64. The molecule has 228 valence electrons. The van der Waals surface area contributed by atoms with Gasteiger partial charge in [-0.25, -0.2) is 13.2 Å². The van der Waals surface area contributed by atoms with Gasteiger partial charge in [0.1, 0.15) is 22.8 Å². The molecule has 2 aliphatic heterocycles. The minimum atomic E-state index is -5.21. The molecule has 2 fully saturated rings. The Hall–Kier alpha value is -2.23. The Morgan fingerprint density at radius 3 is 2.45 bits per heavy atom. The van der Waals surface area contributed by atoms with E-state index in [0.29, 0.717) is 38.8 Å². The van der Waals surface area contributed by atoms with E-state index in [1.54, 1.807) is 18.7 Å². The van der Waals surface area contributed by atoms with Gasteiger partial charge in [0.2, 0.25) is 17.7 Å². The quantitative estimate of drug-likeness (QED) is 0.126. The van der Waals surface area contributed by atoms with Crippen molar-refractivity contribution in [3.05, 3.63) is 35.9 Å². The molecule has 2 aliphatic rings. The molecule has 3 rings (SSSR count). The number of nitrogens with one attached hydrogen (secondary N) is 3. The van der Waals surface area contributed by atoms with Crippen LogP contribution in [0, 0.1) is 11.8 Å². The molecule has 15 heteroatoms. The number of nitrogens with zero attached hydrogens (tertiary/aromatic N) is 1. The zero-order valence-corrected chi connectivity index (χ0v) is 27.1. The van der Waals surface area contributed by atoms with Crippen molar-refractivity contribution in [1.82, 2.24) is 20.9 Å². The molecule has 4 N–H and O–H groups in total. The van der Waals surface area contributed by atoms with Gasteiger partial charge in [0.05, 0.1) is 12.1 Å². The Bertz CT molecular complexity index is 1190. The predicted octanol–water partition coefficient (Wildman–Crippen LogP) is -2.76. The van der Waals surface area contributed by atoms with Gasteiger partial charge in [0.25, 0.3) is 0 Å². The molecule has 0 saturated carbocycles. The molecule has 4 amide bonds. The molecule has 5 atom stereocenters. The summed E-state index contributed by atoms with van der Waals surface area (Å²) in [5.74, 6) is -2.01. The van der Waals surface area contributed by atoms with Crippen molar-refractivity contribution < 1.29 is 71.5 Å². The normalized spacial score (nSPS) is 20.8. The minimum absolute atomic E-state index is 0. The van der Waals surface area contributed by atoms with Crippen molar-refractivity contribution >= 4 is 33.9 Å². The van der Waals surface area contributed by atoms with Gasteiger partial charge in [-0.2, -0.15) is 0 Å². The molecule has 1 aromatic carbocycles. The summed E-state index contributed by atoms with van der Waals surface area (Å²) < 4.78 is 40.0. The monoisotopic (exact) mass is 618 g/mol. The van der Waals surface area contributed by atoms with E-state index < -0.39 is 45.6 Å². The number of benzene rings is 1. The van der Waals surface area contributed by atoms with E-state index in [9.17, 15) is 37.3 Å². The molecule has 2 saturated heterocycles. The van der Waals surface area contributed by atoms with Gasteiger partial charge >= 0.3 is 35.7 Å². The molecule has 0 aliphatic carbocycles. The van der Waals surface area contributed by atoms with Crippen LogP contribution in [0.4, 0.5) is 4.79 Å². The van der Waals surface area contributed by atoms with Crippen LogP contribution in [0.1, 0.15) is 51.5 Å². The van der Waals surface area contributed by atoms with Gasteiger partial charge in [0, 0.05) is 25.4 Å². The molecular weight excluding hydrogens is 579 g/mol. The largest absolute Gasteiger partial charge is 1.00 e. The van der Waals surface area contributed by atoms with Gasteiger partial charge < -0.3 is 35.2 Å². The Morgan fingerprint density at radius 2 is 1.86 bits per heavy atom. The first kappa shape index (κ1) is 36.0. The van der Waals surface area contributed by atoms with E-state index in [0.717, 1.165) is 5.56 Å². The maximum absolute atomic E-state index is 13.1. The number of aliphatic hydroxyl groups is 1. The zero-order chi connectivity index (χ0) is 30.2. The summed E-state index contributed by atoms with van der Waals surface area (Å²) in [7, 11) is -5.21. The minimum Gasteiger partial charge on any atom is -0.746 e. The number of hydrogen-bond acceptors (Lipinski definition) is 9. The van der Waals surface area contributed by atoms with Crippen LogP contribution in [0.15, 0.2) is 30.3 Å². The average Bonchev–Trinajstić information content (AvgIpc) is 3.48. The third-order valence-corrected chi connectivity index (χ3v) is 8.25. The summed E-state index contributed by atoms with van der Waals surface area (Å²) in [5.41, 5.74) is -1.40. The molecule has 0 aromatic heterocycles. The van der Waals surface area contributed by atoms with Crippen molar-refractivity contribution in [2.75, 3.05) is 19.7 Å². The number of alkyl carbamates (subject to hydrolysis) is 1. The topological polar surface area (TPSA) is 194 Å². The molecular formula is C27H39N4NaO9S. The van der Waals surface area contributed by atoms with Crippen LogP contribution in [0.25, 0.3) is 0 Å². The fourth-order valence-electron chi connectivity index (χ4n) is 5.13. The first-order chi connectivity index (χ1) is 19.3. The van der Waals surface area contributed by atoms with E-state index in [1.165, 1.54) is 0 Å². The maximum Gasteiger partial charge on any atom is 1.00 e. The van der Waals surface area contributed by atoms with Crippen LogP contribution in [-0.4, -0.2) is 90.0 Å². The predicted molar refractivity (Wildman–Crippen MR) is 146 cm³/mol. The SMILES string of the molecule is CC(C)C[C@H](NC(=O)OC[C@@H]1CCC(=O)N1CCc1ccccc1)C(=O)N[C@@H](C[C@@H]1CCNC1=O)C(O)S(=O)(=O)[O-].[Na+]. The summed E-state index contributed by atoms with van der Waals surface area (Å²) in [6.07, 6.45) is 0.833. The first-order valence-corrected chi connectivity index (χ1v) is 15.3. The molecule has 0 spiro atoms. The fraction of sp³-hybridized carbons (Fsp3) is 0.630. The second-order valence-electron chi connectivity index (χ2n) is 11.0. The van der Waals surface area contributed by atoms with Crippen molar-refractivity contribution in [3.63, 3.8) is 0 Å². The van der Waals surface area contributed by atoms with Crippen molar-refractivity contribution in [1.29, 1.82) is 0 Å². The van der Waals surface area contributed by atoms with Crippen LogP contribution in [-0.2, 0) is 35.7 Å². The number of carbonyl (C=O) groups excluding carboxylic acids is 4. The molecule has 0 bridgehead atoms. The summed E-state index contributed by atoms with van der Waals surface area (Å²) in [4.78, 5) is 51.9. The average molecular weight is 619 g/mol. The molecule has 0 radical (unpaired) electrons. The van der Waals surface area contributed by atoms with Gasteiger partial charge in [-0.3, -0.25) is 14.4 Å². The second kappa shape index (κ2) is 16.6. The van der Waals surface area contributed by atoms with E-state index in [2.05, 4.69) is 16.0 Å². The Kier molecular flexibility index (Phi) is 14.2. The Balaban J connectivity index is 0.00000616. The summed E-state index contributed by atoms with van der Waals surface area (Å²) >= 11 is 0. The van der Waals surface area contributed by atoms with Gasteiger partial charge in [-0.1, -0.05) is 44.2 Å². The van der Waals surface area contributed by atoms with Gasteiger partial charge in [-0.05, 0) is 43.6 Å². The third kappa shape index (κ3) is 10.8. The van der Waals surface area contributed by atoms with E-state index in [-0.39, 0.29) is 72.8 Å². The van der Waals surface area contributed by atoms with Crippen molar-refractivity contribution in [2.24, 2.45) is 11.8 Å². The smallest absolute Gasteiger partial charge is 0.746 e. The Labute approximate surface area is 268 Å². The fourth-order valence-corrected chi connectivity index (χ4v) is 5.72. The number of aliphatic hydroxyl groups excluding tert-OH is 1. The standard InChI is InChI=1S/C27H40N4O9S.Na/c1-17(2)14-21(25(34)29-22(26(35)41(37,38)39)15-19-10-12-28-24(19)33)30-27(36)40-16-20-8-9-23(32)31(20)13-11-18-6-4-3-5-7-18;/h3-7,17,19-22,26,35H,8-16H2,1-2H3,(H,28,33)(H,29,34)(H,30,36)(H,37,38,39);/q;+1/p-1/t19-,20-,21-,22-,26?;/m0./s1. The van der Waals surface area contributed by atoms with Crippen molar-refractivity contribution in [2.45, 2.75) is 75.9 Å². The molecule has 1 aromatic rings. The van der Waals surface area contributed by atoms with Crippen LogP contribution in [0.2, 0.25) is 0 Å². The maximum atomic E-state index is 13.1. The molecule has 13 nitrogen and oxygen atoms in total. The third-order valence-electron chi connectivity index (χ3n) is 7.33. The van der Waals surface area contributed by atoms with Crippen molar-refractivity contribution in [3.8, 4) is 0 Å². The van der Waals surface area contributed by atoms with E-state index in [4.69, 9.17) is 4.74 Å². The second-order valence-corrected chi connectivity index (χ2v) is 12.4. The first-order valence-electron chi connectivity index (χ1n) is 13.8. The van der Waals surface area contributed by atoms with Gasteiger partial charge in [-0.15, -0.1) is 0 Å². The van der Waals surface area contributed by atoms with Crippen LogP contribution in [0.3, 0.4) is 0 Å². The summed E-state index contributed by atoms with van der Waals surface area (Å²) in [6.45, 7) is 4.36. The number of carbonyl (C=O) groups is 4. The number of amides is 4. The number of hydrogen-bond donors (Lipinski definition) is 4. The van der Waals surface area contributed by atoms with Crippen LogP contribution < -0.4 is 45.5 Å². The number of rotatable bonds is 14. The van der Waals surface area contributed by atoms with Gasteiger partial charge in [0.15, 0.2) is 5.44 Å². The number of ether oxygens (including phenoxy) is 1.